The van der Waals surface area contributed by atoms with E-state index in [1.165, 1.54) is 66.8 Å². The fourth-order valence-electron chi connectivity index (χ4n) is 11.9. The van der Waals surface area contributed by atoms with Gasteiger partial charge in [0.1, 0.15) is 23.0 Å². The molecule has 332 valence electrons. The van der Waals surface area contributed by atoms with Crippen LogP contribution in [0.5, 0.6) is 23.0 Å². The van der Waals surface area contributed by atoms with Crippen LogP contribution in [0.2, 0.25) is 0 Å². The third-order valence-electron chi connectivity index (χ3n) is 14.9. The molecule has 0 heterocycles. The molecule has 0 saturated heterocycles. The minimum Gasteiger partial charge on any atom is -0.508 e. The van der Waals surface area contributed by atoms with Gasteiger partial charge in [0.25, 0.3) is 0 Å². The van der Waals surface area contributed by atoms with E-state index >= 15 is 0 Å². The number of benzene rings is 12. The Labute approximate surface area is 404 Å². The van der Waals surface area contributed by atoms with Gasteiger partial charge in [-0.15, -0.1) is 0 Å². The van der Waals surface area contributed by atoms with E-state index in [1.54, 1.807) is 24.3 Å². The van der Waals surface area contributed by atoms with Gasteiger partial charge in [0.05, 0.1) is 10.8 Å². The first-order valence-corrected chi connectivity index (χ1v) is 23.6. The van der Waals surface area contributed by atoms with Crippen LogP contribution in [0.3, 0.4) is 0 Å². The molecule has 0 amide bonds. The van der Waals surface area contributed by atoms with Crippen molar-refractivity contribution >= 4 is 43.1 Å². The summed E-state index contributed by atoms with van der Waals surface area (Å²) in [6.07, 6.45) is 0. The van der Waals surface area contributed by atoms with Gasteiger partial charge < -0.3 is 20.4 Å². The van der Waals surface area contributed by atoms with Crippen molar-refractivity contribution in [2.75, 3.05) is 0 Å². The number of hydrogen-bond donors (Lipinski definition) is 4. The summed E-state index contributed by atoms with van der Waals surface area (Å²) in [7, 11) is 0. The van der Waals surface area contributed by atoms with E-state index in [2.05, 4.69) is 170 Å². The second-order valence-corrected chi connectivity index (χ2v) is 18.7. The highest BCUT2D eigenvalue weighted by atomic mass is 16.3. The molecule has 0 fully saturated rings. The van der Waals surface area contributed by atoms with Gasteiger partial charge >= 0.3 is 0 Å². The molecule has 12 aromatic carbocycles. The number of aromatic hydroxyl groups is 4. The molecule has 12 aromatic rings. The van der Waals surface area contributed by atoms with E-state index in [-0.39, 0.29) is 23.0 Å². The van der Waals surface area contributed by atoms with E-state index in [1.807, 2.05) is 48.5 Å². The fourth-order valence-corrected chi connectivity index (χ4v) is 11.9. The van der Waals surface area contributed by atoms with Crippen LogP contribution in [-0.2, 0) is 10.8 Å². The molecule has 0 bridgehead atoms. The van der Waals surface area contributed by atoms with Crippen LogP contribution >= 0.6 is 0 Å². The van der Waals surface area contributed by atoms with Crippen molar-refractivity contribution in [1.82, 2.24) is 0 Å². The lowest BCUT2D eigenvalue weighted by Gasteiger charge is -2.34. The number of hydrogen-bond acceptors (Lipinski definition) is 4. The molecule has 0 aliphatic heterocycles. The van der Waals surface area contributed by atoms with Crippen LogP contribution in [-0.4, -0.2) is 20.4 Å². The van der Waals surface area contributed by atoms with Crippen molar-refractivity contribution in [3.8, 4) is 45.3 Å². The highest BCUT2D eigenvalue weighted by molar-refractivity contribution is 5.94. The lowest BCUT2D eigenvalue weighted by molar-refractivity contribution is 0.475. The summed E-state index contributed by atoms with van der Waals surface area (Å²) in [5, 5.41) is 48.4. The van der Waals surface area contributed by atoms with Crippen molar-refractivity contribution in [2.45, 2.75) is 10.8 Å². The van der Waals surface area contributed by atoms with Gasteiger partial charge in [-0.05, 0) is 183 Å². The molecule has 0 atom stereocenters. The fraction of sp³-hybridized carbons (Fsp3) is 0.0303. The van der Waals surface area contributed by atoms with E-state index in [0.29, 0.717) is 0 Å². The maximum absolute atomic E-state index is 10.0. The van der Waals surface area contributed by atoms with Gasteiger partial charge in [0, 0.05) is 0 Å². The van der Waals surface area contributed by atoms with Crippen molar-refractivity contribution in [2.24, 2.45) is 0 Å². The van der Waals surface area contributed by atoms with Crippen LogP contribution in [0, 0.1) is 0 Å². The molecule has 14 rings (SSSR count). The Bertz CT molecular complexity index is 3560. The molecule has 0 aromatic heterocycles. The SMILES string of the molecule is Oc1ccc2cc(C3(c4ccc5cc(O)ccc5c4)c4ccccc4-c4ccccc43)ccc2c1.Oc1ccc2cc(C3(c4ccc5cc(O)ccc5c4)c4ccccc4-c4ccccc43)ccc2c1. The first-order valence-electron chi connectivity index (χ1n) is 23.6. The Morgan fingerprint density at radius 1 is 0.200 bits per heavy atom. The monoisotopic (exact) mass is 900 g/mol. The second-order valence-electron chi connectivity index (χ2n) is 18.7. The summed E-state index contributed by atoms with van der Waals surface area (Å²) >= 11 is 0. The van der Waals surface area contributed by atoms with Crippen molar-refractivity contribution in [3.05, 3.63) is 287 Å². The summed E-state index contributed by atoms with van der Waals surface area (Å²) in [4.78, 5) is 0. The van der Waals surface area contributed by atoms with Gasteiger partial charge in [0.15, 0.2) is 0 Å². The first kappa shape index (κ1) is 41.1. The average molecular weight is 901 g/mol. The van der Waals surface area contributed by atoms with Crippen LogP contribution in [0.15, 0.2) is 243 Å². The Morgan fingerprint density at radius 3 is 0.643 bits per heavy atom. The molecule has 4 N–H and O–H groups in total. The van der Waals surface area contributed by atoms with Crippen molar-refractivity contribution < 1.29 is 20.4 Å². The first-order chi connectivity index (χ1) is 34.3. The van der Waals surface area contributed by atoms with Crippen molar-refractivity contribution in [3.63, 3.8) is 0 Å². The highest BCUT2D eigenvalue weighted by Crippen LogP contribution is 2.58. The topological polar surface area (TPSA) is 80.9 Å². The molecule has 0 radical (unpaired) electrons. The standard InChI is InChI=1S/2C33H22O2/c2*34-27-15-11-21-17-25(13-9-23(21)19-27)33(26-14-10-24-20-28(35)16-12-22(24)18-26)31-7-3-1-5-29(31)30-6-2-4-8-32(30)33/h2*1-20,34-35H. The molecule has 2 aliphatic rings. The van der Waals surface area contributed by atoms with Crippen LogP contribution < -0.4 is 0 Å². The van der Waals surface area contributed by atoms with Gasteiger partial charge in [-0.3, -0.25) is 0 Å². The largest absolute Gasteiger partial charge is 0.508 e. The van der Waals surface area contributed by atoms with Gasteiger partial charge in [0.2, 0.25) is 0 Å². The number of fused-ring (bicyclic) bond motifs is 10. The van der Waals surface area contributed by atoms with Gasteiger partial charge in [-0.25, -0.2) is 0 Å². The third-order valence-corrected chi connectivity index (χ3v) is 14.9. The second kappa shape index (κ2) is 15.7. The zero-order valence-corrected chi connectivity index (χ0v) is 37.9. The van der Waals surface area contributed by atoms with E-state index in [0.717, 1.165) is 43.1 Å². The zero-order chi connectivity index (χ0) is 47.1. The molecular weight excluding hydrogens is 857 g/mol. The normalized spacial score (nSPS) is 13.6. The predicted molar refractivity (Wildman–Crippen MR) is 284 cm³/mol. The third kappa shape index (κ3) is 6.16. The summed E-state index contributed by atoms with van der Waals surface area (Å²) < 4.78 is 0. The van der Waals surface area contributed by atoms with Gasteiger partial charge in [-0.2, -0.15) is 0 Å². The summed E-state index contributed by atoms with van der Waals surface area (Å²) in [5.41, 5.74) is 13.8. The van der Waals surface area contributed by atoms with E-state index in [4.69, 9.17) is 0 Å². The molecule has 4 heteroatoms. The molecular formula is C66H44O4. The average Bonchev–Trinajstić information content (AvgIpc) is 3.87. The maximum Gasteiger partial charge on any atom is 0.116 e. The Kier molecular flexibility index (Phi) is 9.24. The lowest BCUT2D eigenvalue weighted by Crippen LogP contribution is -2.28. The van der Waals surface area contributed by atoms with Crippen LogP contribution in [0.25, 0.3) is 65.3 Å². The summed E-state index contributed by atoms with van der Waals surface area (Å²) in [6, 6.07) is 83.2. The number of rotatable bonds is 4. The highest BCUT2D eigenvalue weighted by Gasteiger charge is 2.47. The van der Waals surface area contributed by atoms with E-state index in [9.17, 15) is 20.4 Å². The van der Waals surface area contributed by atoms with Crippen LogP contribution in [0.1, 0.15) is 44.5 Å². The minimum atomic E-state index is -0.495. The molecule has 4 nitrogen and oxygen atoms in total. The maximum atomic E-state index is 10.0. The molecule has 70 heavy (non-hydrogen) atoms. The van der Waals surface area contributed by atoms with Crippen molar-refractivity contribution in [1.29, 1.82) is 0 Å². The Morgan fingerprint density at radius 2 is 0.400 bits per heavy atom. The van der Waals surface area contributed by atoms with Crippen LogP contribution in [0.4, 0.5) is 0 Å². The lowest BCUT2D eigenvalue weighted by atomic mass is 9.67. The molecule has 0 unspecified atom stereocenters. The summed E-state index contributed by atoms with van der Waals surface area (Å²) in [5.74, 6) is 1.09. The molecule has 0 spiro atoms. The minimum absolute atomic E-state index is 0.273. The van der Waals surface area contributed by atoms with Gasteiger partial charge in [-0.1, -0.05) is 170 Å². The Balaban J connectivity index is 0.000000137. The number of phenols is 4. The summed E-state index contributed by atoms with van der Waals surface area (Å²) in [6.45, 7) is 0. The van der Waals surface area contributed by atoms with E-state index < -0.39 is 10.8 Å². The smallest absolute Gasteiger partial charge is 0.116 e. The quantitative estimate of drug-likeness (QED) is 0.142. The number of phenolic OH excluding ortho intramolecular Hbond substituents is 4. The molecule has 0 saturated carbocycles. The predicted octanol–water partition coefficient (Wildman–Crippen LogP) is 15.5. The zero-order valence-electron chi connectivity index (χ0n) is 37.9. The Hall–Kier alpha value is -9.12. The molecule has 2 aliphatic carbocycles.